The van der Waals surface area contributed by atoms with E-state index in [9.17, 15) is 22.8 Å². The van der Waals surface area contributed by atoms with Gasteiger partial charge >= 0.3 is 0 Å². The maximum atomic E-state index is 13.7. The molecule has 4 aromatic rings. The van der Waals surface area contributed by atoms with Crippen molar-refractivity contribution in [3.8, 4) is 0 Å². The van der Waals surface area contributed by atoms with Crippen LogP contribution in [0.4, 0.5) is 18.9 Å². The van der Waals surface area contributed by atoms with Crippen molar-refractivity contribution in [2.75, 3.05) is 11.9 Å². The number of benzene rings is 2. The number of halogens is 3. The number of pyridine rings is 1. The molecule has 0 radical (unpaired) electrons. The predicted molar refractivity (Wildman–Crippen MR) is 119 cm³/mol. The molecule has 2 aromatic heterocycles. The Morgan fingerprint density at radius 1 is 1.09 bits per heavy atom. The number of nitrogens with zero attached hydrogens (tertiary/aromatic N) is 3. The number of fused-ring (bicyclic) bond motifs is 3. The molecule has 170 valence electrons. The Balaban J connectivity index is 1.42. The first-order chi connectivity index (χ1) is 15.8. The minimum absolute atomic E-state index is 0.464. The fourth-order valence-electron chi connectivity index (χ4n) is 3.29. The highest BCUT2D eigenvalue weighted by atomic mass is 32.2. The number of rotatable bonds is 6. The minimum Gasteiger partial charge on any atom is -0.346 e. The van der Waals surface area contributed by atoms with Gasteiger partial charge < -0.3 is 10.6 Å². The van der Waals surface area contributed by atoms with E-state index < -0.39 is 46.7 Å². The third-order valence-electron chi connectivity index (χ3n) is 4.96. The Kier molecular flexibility index (Phi) is 6.23. The van der Waals surface area contributed by atoms with Gasteiger partial charge in [-0.2, -0.15) is 0 Å². The highest BCUT2D eigenvalue weighted by Gasteiger charge is 2.21. The van der Waals surface area contributed by atoms with Gasteiger partial charge in [0.1, 0.15) is 0 Å². The van der Waals surface area contributed by atoms with Gasteiger partial charge in [-0.15, -0.1) is 10.2 Å². The molecule has 0 spiro atoms. The van der Waals surface area contributed by atoms with E-state index in [0.717, 1.165) is 34.3 Å². The molecular formula is C22H18F3N5O2S. The fraction of sp³-hybridized carbons (Fsp3) is 0.182. The third kappa shape index (κ3) is 4.49. The molecule has 2 aromatic carbocycles. The summed E-state index contributed by atoms with van der Waals surface area (Å²) in [5.41, 5.74) is 2.08. The lowest BCUT2D eigenvalue weighted by molar-refractivity contribution is -0.123. The SMILES string of the molecule is Cc1cc2nnc(SC(C)C(=O)NCC(=O)Nc3ccc(F)c(F)c3F)n2c2ccccc12. The van der Waals surface area contributed by atoms with E-state index in [0.29, 0.717) is 16.9 Å². The number of para-hydroxylation sites is 1. The second kappa shape index (κ2) is 9.10. The largest absolute Gasteiger partial charge is 0.346 e. The van der Waals surface area contributed by atoms with Crippen molar-refractivity contribution >= 4 is 45.8 Å². The van der Waals surface area contributed by atoms with Crippen LogP contribution in [0.3, 0.4) is 0 Å². The Hall–Kier alpha value is -3.60. The van der Waals surface area contributed by atoms with Crippen LogP contribution in [0.25, 0.3) is 16.6 Å². The summed E-state index contributed by atoms with van der Waals surface area (Å²) in [6.07, 6.45) is 0. The zero-order valence-corrected chi connectivity index (χ0v) is 18.3. The van der Waals surface area contributed by atoms with Crippen LogP contribution < -0.4 is 10.6 Å². The second-order valence-corrected chi connectivity index (χ2v) is 8.58. The molecule has 0 aliphatic carbocycles. The number of hydrogen-bond donors (Lipinski definition) is 2. The standard InChI is InChI=1S/C22H18F3N5O2S/c1-11-9-17-28-29-22(30(17)16-6-4-3-5-13(11)16)33-12(2)21(32)26-10-18(31)27-15-8-7-14(23)19(24)20(15)25/h3-9,12H,10H2,1-2H3,(H,26,32)(H,27,31). The van der Waals surface area contributed by atoms with E-state index in [2.05, 4.69) is 20.8 Å². The molecule has 1 unspecified atom stereocenters. The van der Waals surface area contributed by atoms with Gasteiger partial charge in [0.15, 0.2) is 28.3 Å². The first-order valence-corrected chi connectivity index (χ1v) is 10.8. The molecule has 11 heteroatoms. The van der Waals surface area contributed by atoms with E-state index in [1.165, 1.54) is 0 Å². The van der Waals surface area contributed by atoms with Gasteiger partial charge in [-0.3, -0.25) is 14.0 Å². The summed E-state index contributed by atoms with van der Waals surface area (Å²) in [6, 6.07) is 11.3. The van der Waals surface area contributed by atoms with Crippen LogP contribution in [0.2, 0.25) is 0 Å². The van der Waals surface area contributed by atoms with Crippen LogP contribution in [-0.4, -0.2) is 38.2 Å². The Bertz CT molecular complexity index is 1390. The van der Waals surface area contributed by atoms with E-state index in [1.54, 1.807) is 6.92 Å². The van der Waals surface area contributed by atoms with Crippen molar-refractivity contribution in [2.24, 2.45) is 0 Å². The first-order valence-electron chi connectivity index (χ1n) is 9.87. The Morgan fingerprint density at radius 2 is 1.85 bits per heavy atom. The van der Waals surface area contributed by atoms with Gasteiger partial charge in [-0.25, -0.2) is 13.2 Å². The van der Waals surface area contributed by atoms with Crippen LogP contribution in [0.5, 0.6) is 0 Å². The number of carbonyl (C=O) groups is 2. The number of hydrogen-bond acceptors (Lipinski definition) is 5. The van der Waals surface area contributed by atoms with Crippen LogP contribution in [-0.2, 0) is 9.59 Å². The Labute approximate surface area is 190 Å². The average molecular weight is 473 g/mol. The average Bonchev–Trinajstić information content (AvgIpc) is 3.20. The molecule has 0 saturated heterocycles. The number of aromatic nitrogens is 3. The van der Waals surface area contributed by atoms with Gasteiger partial charge in [0.05, 0.1) is 23.0 Å². The maximum absolute atomic E-state index is 13.7. The van der Waals surface area contributed by atoms with Gasteiger partial charge in [-0.1, -0.05) is 30.0 Å². The number of amides is 2. The van der Waals surface area contributed by atoms with E-state index >= 15 is 0 Å². The summed E-state index contributed by atoms with van der Waals surface area (Å²) in [6.45, 7) is 3.15. The summed E-state index contributed by atoms with van der Waals surface area (Å²) >= 11 is 1.16. The van der Waals surface area contributed by atoms with Gasteiger partial charge in [0, 0.05) is 5.39 Å². The molecule has 0 bridgehead atoms. The topological polar surface area (TPSA) is 88.4 Å². The van der Waals surface area contributed by atoms with Crippen molar-refractivity contribution in [3.05, 3.63) is 65.5 Å². The first kappa shape index (κ1) is 22.6. The smallest absolute Gasteiger partial charge is 0.243 e. The van der Waals surface area contributed by atoms with Crippen molar-refractivity contribution in [2.45, 2.75) is 24.3 Å². The molecule has 2 heterocycles. The molecular weight excluding hydrogens is 455 g/mol. The molecule has 4 rings (SSSR count). The number of anilines is 1. The Morgan fingerprint density at radius 3 is 2.64 bits per heavy atom. The highest BCUT2D eigenvalue weighted by molar-refractivity contribution is 8.00. The van der Waals surface area contributed by atoms with Crippen LogP contribution in [0, 0.1) is 24.4 Å². The second-order valence-electron chi connectivity index (χ2n) is 7.27. The summed E-state index contributed by atoms with van der Waals surface area (Å²) < 4.78 is 41.8. The van der Waals surface area contributed by atoms with E-state index in [-0.39, 0.29) is 0 Å². The molecule has 2 N–H and O–H groups in total. The number of nitrogens with one attached hydrogen (secondary N) is 2. The van der Waals surface area contributed by atoms with Crippen molar-refractivity contribution in [3.63, 3.8) is 0 Å². The quantitative estimate of drug-likeness (QED) is 0.328. The normalized spacial score (nSPS) is 12.2. The zero-order valence-electron chi connectivity index (χ0n) is 17.5. The monoisotopic (exact) mass is 473 g/mol. The molecule has 1 atom stereocenters. The lowest BCUT2D eigenvalue weighted by Crippen LogP contribution is -2.37. The summed E-state index contributed by atoms with van der Waals surface area (Å²) in [4.78, 5) is 24.5. The van der Waals surface area contributed by atoms with Crippen molar-refractivity contribution < 1.29 is 22.8 Å². The third-order valence-corrected chi connectivity index (χ3v) is 6.00. The summed E-state index contributed by atoms with van der Waals surface area (Å²) in [7, 11) is 0. The van der Waals surface area contributed by atoms with Crippen LogP contribution in [0.1, 0.15) is 12.5 Å². The molecule has 0 aliphatic rings. The lowest BCUT2D eigenvalue weighted by Gasteiger charge is -2.12. The molecule has 0 saturated carbocycles. The minimum atomic E-state index is -1.69. The molecule has 33 heavy (non-hydrogen) atoms. The van der Waals surface area contributed by atoms with Gasteiger partial charge in [0.25, 0.3) is 0 Å². The van der Waals surface area contributed by atoms with Crippen molar-refractivity contribution in [1.82, 2.24) is 19.9 Å². The van der Waals surface area contributed by atoms with Gasteiger partial charge in [-0.05, 0) is 43.7 Å². The maximum Gasteiger partial charge on any atom is 0.243 e. The predicted octanol–water partition coefficient (Wildman–Crippen LogP) is 3.84. The van der Waals surface area contributed by atoms with Crippen molar-refractivity contribution in [1.29, 1.82) is 0 Å². The van der Waals surface area contributed by atoms with Crippen LogP contribution >= 0.6 is 11.8 Å². The molecule has 7 nitrogen and oxygen atoms in total. The molecule has 0 aliphatic heterocycles. The van der Waals surface area contributed by atoms with E-state index in [1.807, 2.05) is 41.7 Å². The van der Waals surface area contributed by atoms with Crippen LogP contribution in [0.15, 0.2) is 47.6 Å². The summed E-state index contributed by atoms with van der Waals surface area (Å²) in [5.74, 6) is -5.83. The zero-order chi connectivity index (χ0) is 23.7. The lowest BCUT2D eigenvalue weighted by atomic mass is 10.1. The number of carbonyl (C=O) groups excluding carboxylic acids is 2. The molecule has 0 fully saturated rings. The summed E-state index contributed by atoms with van der Waals surface area (Å²) in [5, 5.41) is 13.8. The fourth-order valence-corrected chi connectivity index (χ4v) is 4.18. The molecule has 2 amide bonds. The van der Waals surface area contributed by atoms with Gasteiger partial charge in [0.2, 0.25) is 11.8 Å². The number of aryl methyl sites for hydroxylation is 1. The highest BCUT2D eigenvalue weighted by Crippen LogP contribution is 2.28. The van der Waals surface area contributed by atoms with E-state index in [4.69, 9.17) is 0 Å². The number of thioether (sulfide) groups is 1.